The van der Waals surface area contributed by atoms with Gasteiger partial charge in [0.15, 0.2) is 6.29 Å². The molecule has 0 aliphatic rings. The van der Waals surface area contributed by atoms with Crippen molar-refractivity contribution < 1.29 is 19.8 Å². The van der Waals surface area contributed by atoms with Crippen LogP contribution in [-0.2, 0) is 0 Å². The van der Waals surface area contributed by atoms with Gasteiger partial charge in [-0.25, -0.2) is 4.79 Å². The number of aldehydes is 1. The first-order valence-corrected chi connectivity index (χ1v) is 7.13. The molecule has 4 nitrogen and oxygen atoms in total. The molecule has 114 valence electrons. The Bertz CT molecular complexity index is 947. The summed E-state index contributed by atoms with van der Waals surface area (Å²) in [6.07, 6.45) is 0.617. The number of carbonyl (C=O) groups is 2. The first-order valence-electron chi connectivity index (χ1n) is 6.75. The number of rotatable bonds is 3. The zero-order valence-corrected chi connectivity index (χ0v) is 12.5. The second-order valence-electron chi connectivity index (χ2n) is 5.05. The van der Waals surface area contributed by atoms with Crippen LogP contribution in [0, 0.1) is 0 Å². The van der Waals surface area contributed by atoms with Gasteiger partial charge in [0.05, 0.1) is 11.1 Å². The third-order valence-corrected chi connectivity index (χ3v) is 4.00. The summed E-state index contributed by atoms with van der Waals surface area (Å²) >= 11 is 6.18. The van der Waals surface area contributed by atoms with E-state index in [9.17, 15) is 14.7 Å². The first-order chi connectivity index (χ1) is 11.0. The summed E-state index contributed by atoms with van der Waals surface area (Å²) in [6.45, 7) is 0. The maximum absolute atomic E-state index is 11.1. The molecule has 23 heavy (non-hydrogen) atoms. The lowest BCUT2D eigenvalue weighted by atomic mass is 9.97. The van der Waals surface area contributed by atoms with Gasteiger partial charge in [-0.3, -0.25) is 4.79 Å². The lowest BCUT2D eigenvalue weighted by molar-refractivity contribution is 0.0696. The highest BCUT2D eigenvalue weighted by Gasteiger charge is 2.11. The Kier molecular flexibility index (Phi) is 3.76. The van der Waals surface area contributed by atoms with Crippen molar-refractivity contribution >= 4 is 34.6 Å². The molecule has 2 N–H and O–H groups in total. The molecule has 3 rings (SSSR count). The fraction of sp³-hybridized carbons (Fsp3) is 0. The quantitative estimate of drug-likeness (QED) is 0.700. The van der Waals surface area contributed by atoms with Gasteiger partial charge >= 0.3 is 5.97 Å². The number of fused-ring (bicyclic) bond motifs is 1. The third kappa shape index (κ3) is 2.64. The molecule has 0 aromatic heterocycles. The van der Waals surface area contributed by atoms with Gasteiger partial charge in [0.1, 0.15) is 5.75 Å². The second-order valence-corrected chi connectivity index (χ2v) is 5.46. The van der Waals surface area contributed by atoms with E-state index >= 15 is 0 Å². The highest BCUT2D eigenvalue weighted by Crippen LogP contribution is 2.33. The van der Waals surface area contributed by atoms with Crippen molar-refractivity contribution in [2.75, 3.05) is 0 Å². The van der Waals surface area contributed by atoms with Crippen molar-refractivity contribution in [3.05, 3.63) is 64.7 Å². The van der Waals surface area contributed by atoms with Crippen LogP contribution in [-0.4, -0.2) is 22.5 Å². The third-order valence-electron chi connectivity index (χ3n) is 3.68. The lowest BCUT2D eigenvalue weighted by Crippen LogP contribution is -1.96. The number of phenols is 1. The van der Waals surface area contributed by atoms with E-state index in [1.165, 1.54) is 18.2 Å². The maximum atomic E-state index is 11.1. The van der Waals surface area contributed by atoms with Crippen molar-refractivity contribution in [3.8, 4) is 16.9 Å². The first kappa shape index (κ1) is 15.1. The summed E-state index contributed by atoms with van der Waals surface area (Å²) < 4.78 is 0. The van der Waals surface area contributed by atoms with Crippen LogP contribution in [0.15, 0.2) is 48.5 Å². The summed E-state index contributed by atoms with van der Waals surface area (Å²) in [4.78, 5) is 22.1. The SMILES string of the molecule is O=Cc1c(O)ccc2cc(-c3ccc(C(=O)O)cc3Cl)ccc12. The Balaban J connectivity index is 2.16. The average Bonchev–Trinajstić information content (AvgIpc) is 2.54. The summed E-state index contributed by atoms with van der Waals surface area (Å²) in [5.41, 5.74) is 1.84. The van der Waals surface area contributed by atoms with E-state index in [0.717, 1.165) is 10.9 Å². The minimum Gasteiger partial charge on any atom is -0.507 e. The van der Waals surface area contributed by atoms with E-state index in [0.29, 0.717) is 22.3 Å². The van der Waals surface area contributed by atoms with E-state index in [1.807, 2.05) is 6.07 Å². The van der Waals surface area contributed by atoms with Crippen LogP contribution in [0.5, 0.6) is 5.75 Å². The number of aromatic carboxylic acids is 1. The number of hydrogen-bond donors (Lipinski definition) is 2. The largest absolute Gasteiger partial charge is 0.507 e. The van der Waals surface area contributed by atoms with Crippen molar-refractivity contribution in [2.45, 2.75) is 0 Å². The molecule has 0 saturated carbocycles. The Morgan fingerprint density at radius 1 is 1.04 bits per heavy atom. The smallest absolute Gasteiger partial charge is 0.335 e. The molecule has 0 atom stereocenters. The molecular formula is C18H11ClO4. The summed E-state index contributed by atoms with van der Waals surface area (Å²) in [5.74, 6) is -1.10. The molecule has 0 saturated heterocycles. The molecule has 0 unspecified atom stereocenters. The summed E-state index contributed by atoms with van der Waals surface area (Å²) in [6, 6.07) is 13.0. The molecule has 0 fully saturated rings. The number of phenolic OH excluding ortho intramolecular Hbond substituents is 1. The van der Waals surface area contributed by atoms with Crippen molar-refractivity contribution in [1.82, 2.24) is 0 Å². The van der Waals surface area contributed by atoms with Gasteiger partial charge in [0.2, 0.25) is 0 Å². The number of aromatic hydroxyl groups is 1. The second kappa shape index (κ2) is 5.74. The Labute approximate surface area is 136 Å². The van der Waals surface area contributed by atoms with Crippen LogP contribution in [0.3, 0.4) is 0 Å². The topological polar surface area (TPSA) is 74.6 Å². The van der Waals surface area contributed by atoms with Crippen LogP contribution in [0.25, 0.3) is 21.9 Å². The number of hydrogen-bond acceptors (Lipinski definition) is 3. The van der Waals surface area contributed by atoms with Gasteiger partial charge in [-0.05, 0) is 40.6 Å². The minimum atomic E-state index is -1.04. The van der Waals surface area contributed by atoms with E-state index < -0.39 is 5.97 Å². The van der Waals surface area contributed by atoms with E-state index in [2.05, 4.69) is 0 Å². The van der Waals surface area contributed by atoms with Crippen molar-refractivity contribution in [1.29, 1.82) is 0 Å². The maximum Gasteiger partial charge on any atom is 0.335 e. The molecular weight excluding hydrogens is 316 g/mol. The molecule has 0 bridgehead atoms. The van der Waals surface area contributed by atoms with E-state index in [4.69, 9.17) is 16.7 Å². The molecule has 0 spiro atoms. The Morgan fingerprint density at radius 2 is 1.83 bits per heavy atom. The van der Waals surface area contributed by atoms with Gasteiger partial charge in [0, 0.05) is 10.6 Å². The van der Waals surface area contributed by atoms with Gasteiger partial charge in [-0.2, -0.15) is 0 Å². The number of carboxylic acid groups (broad SMARTS) is 1. The molecule has 0 aliphatic carbocycles. The Hall–Kier alpha value is -2.85. The highest BCUT2D eigenvalue weighted by molar-refractivity contribution is 6.33. The lowest BCUT2D eigenvalue weighted by Gasteiger charge is -2.09. The number of halogens is 1. The minimum absolute atomic E-state index is 0.0657. The normalized spacial score (nSPS) is 10.7. The monoisotopic (exact) mass is 326 g/mol. The van der Waals surface area contributed by atoms with Crippen LogP contribution in [0.4, 0.5) is 0 Å². The summed E-state index contributed by atoms with van der Waals surface area (Å²) in [5, 5.41) is 20.4. The number of carboxylic acids is 1. The van der Waals surface area contributed by atoms with Crippen LogP contribution < -0.4 is 0 Å². The molecule has 0 amide bonds. The standard InChI is InChI=1S/C18H11ClO4/c19-16-8-12(18(22)23)2-5-14(16)11-1-4-13-10(7-11)3-6-17(21)15(13)9-20/h1-9,21H,(H,22,23). The van der Waals surface area contributed by atoms with Gasteiger partial charge in [-0.1, -0.05) is 35.9 Å². The fourth-order valence-corrected chi connectivity index (χ4v) is 2.81. The fourth-order valence-electron chi connectivity index (χ4n) is 2.52. The summed E-state index contributed by atoms with van der Waals surface area (Å²) in [7, 11) is 0. The molecule has 0 radical (unpaired) electrons. The van der Waals surface area contributed by atoms with E-state index in [-0.39, 0.29) is 16.9 Å². The van der Waals surface area contributed by atoms with Crippen molar-refractivity contribution in [2.24, 2.45) is 0 Å². The molecule has 0 heterocycles. The molecule has 3 aromatic rings. The average molecular weight is 327 g/mol. The van der Waals surface area contributed by atoms with Gasteiger partial charge in [-0.15, -0.1) is 0 Å². The van der Waals surface area contributed by atoms with Gasteiger partial charge in [0.25, 0.3) is 0 Å². The highest BCUT2D eigenvalue weighted by atomic mass is 35.5. The van der Waals surface area contributed by atoms with Crippen LogP contribution in [0.2, 0.25) is 5.02 Å². The number of carbonyl (C=O) groups excluding carboxylic acids is 1. The number of benzene rings is 3. The zero-order chi connectivity index (χ0) is 16.6. The van der Waals surface area contributed by atoms with Crippen LogP contribution >= 0.6 is 11.6 Å². The molecule has 0 aliphatic heterocycles. The molecule has 3 aromatic carbocycles. The van der Waals surface area contributed by atoms with E-state index in [1.54, 1.807) is 24.3 Å². The predicted octanol–water partition coefficient (Wildman–Crippen LogP) is 4.38. The van der Waals surface area contributed by atoms with Gasteiger partial charge < -0.3 is 10.2 Å². The molecule has 5 heteroatoms. The predicted molar refractivity (Wildman–Crippen MR) is 88.4 cm³/mol. The van der Waals surface area contributed by atoms with Crippen molar-refractivity contribution in [3.63, 3.8) is 0 Å². The van der Waals surface area contributed by atoms with Crippen LogP contribution in [0.1, 0.15) is 20.7 Å². The Morgan fingerprint density at radius 3 is 2.48 bits per heavy atom. The zero-order valence-electron chi connectivity index (χ0n) is 11.8.